The second-order valence-electron chi connectivity index (χ2n) is 9.69. The first kappa shape index (κ1) is 28.0. The summed E-state index contributed by atoms with van der Waals surface area (Å²) in [4.78, 5) is 59.1. The molecule has 3 aromatic carbocycles. The lowest BCUT2D eigenvalue weighted by Crippen LogP contribution is -2.54. The number of hydrogen-bond donors (Lipinski definition) is 2. The summed E-state index contributed by atoms with van der Waals surface area (Å²) in [7, 11) is 1.42. The smallest absolute Gasteiger partial charge is 0.265 e. The van der Waals surface area contributed by atoms with E-state index in [0.717, 1.165) is 0 Å². The Morgan fingerprint density at radius 1 is 1.05 bits per heavy atom. The van der Waals surface area contributed by atoms with Crippen LogP contribution in [0.15, 0.2) is 48.8 Å². The van der Waals surface area contributed by atoms with E-state index in [1.165, 1.54) is 43.8 Å². The molecular formula is C29H20ClF2N5O6. The summed E-state index contributed by atoms with van der Waals surface area (Å²) >= 11 is 5.90. The summed E-state index contributed by atoms with van der Waals surface area (Å²) in [5, 5.41) is 5.57. The number of piperidine rings is 1. The Bertz CT molecular complexity index is 1870. The number of ether oxygens (including phenoxy) is 2. The Labute approximate surface area is 246 Å². The molecule has 6 rings (SSSR count). The summed E-state index contributed by atoms with van der Waals surface area (Å²) in [5.41, 5.74) is 0.259. The highest BCUT2D eigenvalue weighted by Gasteiger charge is 2.46. The van der Waals surface area contributed by atoms with Gasteiger partial charge in [0, 0.05) is 29.1 Å². The second kappa shape index (κ2) is 10.9. The van der Waals surface area contributed by atoms with Crippen molar-refractivity contribution in [3.05, 3.63) is 82.1 Å². The molecule has 43 heavy (non-hydrogen) atoms. The van der Waals surface area contributed by atoms with Crippen LogP contribution < -0.4 is 20.1 Å². The third-order valence-corrected chi connectivity index (χ3v) is 7.40. The number of halogens is 3. The molecule has 3 heterocycles. The predicted molar refractivity (Wildman–Crippen MR) is 148 cm³/mol. The van der Waals surface area contributed by atoms with E-state index >= 15 is 4.39 Å². The van der Waals surface area contributed by atoms with Gasteiger partial charge in [0.15, 0.2) is 11.5 Å². The van der Waals surface area contributed by atoms with Crippen LogP contribution >= 0.6 is 11.6 Å². The Hall–Kier alpha value is -5.17. The molecule has 1 fully saturated rings. The van der Waals surface area contributed by atoms with Gasteiger partial charge in [0.05, 0.1) is 28.8 Å². The van der Waals surface area contributed by atoms with Crippen molar-refractivity contribution in [3.63, 3.8) is 0 Å². The number of amides is 4. The van der Waals surface area contributed by atoms with Gasteiger partial charge in [-0.1, -0.05) is 17.7 Å². The topological polar surface area (TPSA) is 140 Å². The molecule has 0 radical (unpaired) electrons. The van der Waals surface area contributed by atoms with Crippen LogP contribution in [0.4, 0.5) is 20.3 Å². The lowest BCUT2D eigenvalue weighted by Gasteiger charge is -2.27. The Balaban J connectivity index is 1.28. The van der Waals surface area contributed by atoms with Crippen LogP contribution in [0.25, 0.3) is 10.9 Å². The zero-order valence-corrected chi connectivity index (χ0v) is 23.0. The summed E-state index contributed by atoms with van der Waals surface area (Å²) in [6.07, 6.45) is 1.22. The SMILES string of the molecule is COc1cc2ncnc(Nc3ccc(F)c(Cl)c3)c2cc1OCc1ccc2c(c1F)C(=O)N(C1CCC(=O)NC1=O)C2=O. The number of methoxy groups -OCH3 is 1. The molecule has 1 unspecified atom stereocenters. The van der Waals surface area contributed by atoms with E-state index < -0.39 is 46.9 Å². The molecule has 0 aliphatic carbocycles. The van der Waals surface area contributed by atoms with Crippen molar-refractivity contribution < 1.29 is 37.4 Å². The fraction of sp³-hybridized carbons (Fsp3) is 0.172. The highest BCUT2D eigenvalue weighted by Crippen LogP contribution is 2.36. The third kappa shape index (κ3) is 4.97. The number of carbonyl (C=O) groups is 4. The number of aromatic nitrogens is 2. The van der Waals surface area contributed by atoms with Crippen molar-refractivity contribution in [2.45, 2.75) is 25.5 Å². The number of fused-ring (bicyclic) bond motifs is 2. The molecule has 1 atom stereocenters. The standard InChI is InChI=1S/C29H20ClF2N5O6/c1-42-21-10-19-16(26(34-12-33-19)35-14-3-5-18(31)17(30)8-14)9-22(21)43-11-13-2-4-15-24(25(13)32)29(41)37(28(15)40)20-6-7-23(38)36-27(20)39/h2-5,8-10,12,20H,6-7,11H2,1H3,(H,33,34,35)(H,36,38,39). The number of hydrogen-bond acceptors (Lipinski definition) is 9. The van der Waals surface area contributed by atoms with Crippen molar-refractivity contribution in [2.24, 2.45) is 0 Å². The average Bonchev–Trinajstić information content (AvgIpc) is 3.24. The minimum Gasteiger partial charge on any atom is -0.493 e. The van der Waals surface area contributed by atoms with Gasteiger partial charge < -0.3 is 14.8 Å². The van der Waals surface area contributed by atoms with Gasteiger partial charge in [-0.05, 0) is 36.8 Å². The van der Waals surface area contributed by atoms with E-state index in [1.807, 2.05) is 0 Å². The molecule has 0 spiro atoms. The van der Waals surface area contributed by atoms with Crippen molar-refractivity contribution >= 4 is 57.6 Å². The van der Waals surface area contributed by atoms with E-state index in [-0.39, 0.29) is 47.1 Å². The molecule has 1 aromatic heterocycles. The monoisotopic (exact) mass is 607 g/mol. The highest BCUT2D eigenvalue weighted by atomic mass is 35.5. The Kier molecular flexibility index (Phi) is 7.10. The van der Waals surface area contributed by atoms with E-state index in [2.05, 4.69) is 20.6 Å². The number of benzene rings is 3. The molecule has 0 saturated carbocycles. The van der Waals surface area contributed by atoms with Gasteiger partial charge in [-0.2, -0.15) is 0 Å². The fourth-order valence-electron chi connectivity index (χ4n) is 4.97. The number of anilines is 2. The van der Waals surface area contributed by atoms with Crippen molar-refractivity contribution in [2.75, 3.05) is 12.4 Å². The van der Waals surface area contributed by atoms with Crippen LogP contribution in [-0.4, -0.2) is 51.6 Å². The van der Waals surface area contributed by atoms with Gasteiger partial charge in [0.1, 0.15) is 36.4 Å². The van der Waals surface area contributed by atoms with E-state index in [1.54, 1.807) is 12.1 Å². The molecule has 4 aromatic rings. The molecule has 218 valence electrons. The lowest BCUT2D eigenvalue weighted by molar-refractivity contribution is -0.136. The minimum atomic E-state index is -1.22. The number of nitrogens with one attached hydrogen (secondary N) is 2. The van der Waals surface area contributed by atoms with Crippen molar-refractivity contribution in [1.29, 1.82) is 0 Å². The molecule has 0 bridgehead atoms. The quantitative estimate of drug-likeness (QED) is 0.294. The number of carbonyl (C=O) groups excluding carboxylic acids is 4. The van der Waals surface area contributed by atoms with Gasteiger partial charge in [-0.25, -0.2) is 18.7 Å². The van der Waals surface area contributed by atoms with Crippen LogP contribution in [0, 0.1) is 11.6 Å². The van der Waals surface area contributed by atoms with E-state index in [0.29, 0.717) is 27.3 Å². The van der Waals surface area contributed by atoms with Gasteiger partial charge >= 0.3 is 0 Å². The summed E-state index contributed by atoms with van der Waals surface area (Å²) in [6, 6.07) is 8.65. The normalized spacial score (nSPS) is 16.4. The molecule has 1 saturated heterocycles. The highest BCUT2D eigenvalue weighted by molar-refractivity contribution is 6.31. The lowest BCUT2D eigenvalue weighted by atomic mass is 10.0. The number of rotatable bonds is 7. The maximum absolute atomic E-state index is 15.7. The van der Waals surface area contributed by atoms with Crippen LogP contribution in [0.3, 0.4) is 0 Å². The zero-order chi connectivity index (χ0) is 30.4. The van der Waals surface area contributed by atoms with Gasteiger partial charge in [0.25, 0.3) is 11.8 Å². The minimum absolute atomic E-state index is 0.0317. The first-order valence-corrected chi connectivity index (χ1v) is 13.2. The van der Waals surface area contributed by atoms with Crippen LogP contribution in [0.5, 0.6) is 11.5 Å². The van der Waals surface area contributed by atoms with Gasteiger partial charge in [0.2, 0.25) is 11.8 Å². The summed E-state index contributed by atoms with van der Waals surface area (Å²) < 4.78 is 40.6. The van der Waals surface area contributed by atoms with E-state index in [9.17, 15) is 23.6 Å². The summed E-state index contributed by atoms with van der Waals surface area (Å²) in [6.45, 7) is -0.356. The van der Waals surface area contributed by atoms with Crippen LogP contribution in [-0.2, 0) is 16.2 Å². The Morgan fingerprint density at radius 2 is 1.86 bits per heavy atom. The van der Waals surface area contributed by atoms with Crippen molar-refractivity contribution in [3.8, 4) is 11.5 Å². The second-order valence-corrected chi connectivity index (χ2v) is 10.1. The molecule has 14 heteroatoms. The molecule has 2 aliphatic rings. The third-order valence-electron chi connectivity index (χ3n) is 7.11. The maximum atomic E-state index is 15.7. The van der Waals surface area contributed by atoms with Gasteiger partial charge in [-0.15, -0.1) is 0 Å². The van der Waals surface area contributed by atoms with Crippen LogP contribution in [0.1, 0.15) is 39.1 Å². The fourth-order valence-corrected chi connectivity index (χ4v) is 5.15. The largest absolute Gasteiger partial charge is 0.493 e. The first-order chi connectivity index (χ1) is 20.7. The molecular weight excluding hydrogens is 588 g/mol. The predicted octanol–water partition coefficient (Wildman–Crippen LogP) is 4.29. The van der Waals surface area contributed by atoms with Crippen LogP contribution in [0.2, 0.25) is 5.02 Å². The molecule has 4 amide bonds. The molecule has 11 nitrogen and oxygen atoms in total. The zero-order valence-electron chi connectivity index (χ0n) is 22.2. The number of imide groups is 2. The average molecular weight is 608 g/mol. The number of nitrogens with zero attached hydrogens (tertiary/aromatic N) is 3. The van der Waals surface area contributed by atoms with Crippen molar-refractivity contribution in [1.82, 2.24) is 20.2 Å². The first-order valence-electron chi connectivity index (χ1n) is 12.9. The molecule has 2 N–H and O–H groups in total. The van der Waals surface area contributed by atoms with Gasteiger partial charge in [-0.3, -0.25) is 29.4 Å². The molecule has 2 aliphatic heterocycles. The maximum Gasteiger partial charge on any atom is 0.265 e. The summed E-state index contributed by atoms with van der Waals surface area (Å²) in [5.74, 6) is -3.82. The van der Waals surface area contributed by atoms with E-state index in [4.69, 9.17) is 21.1 Å². The Morgan fingerprint density at radius 3 is 2.60 bits per heavy atom.